The van der Waals surface area contributed by atoms with Crippen LogP contribution in [0.5, 0.6) is 5.75 Å². The van der Waals surface area contributed by atoms with Gasteiger partial charge in [0.05, 0.1) is 5.69 Å². The maximum Gasteiger partial charge on any atom is 0.323 e. The van der Waals surface area contributed by atoms with Crippen molar-refractivity contribution in [1.29, 1.82) is 0 Å². The molecule has 1 aliphatic rings. The fourth-order valence-electron chi connectivity index (χ4n) is 2.51. The molecule has 0 bridgehead atoms. The monoisotopic (exact) mass is 346 g/mol. The molecule has 128 valence electrons. The summed E-state index contributed by atoms with van der Waals surface area (Å²) in [6.45, 7) is 6.10. The molecule has 24 heavy (non-hydrogen) atoms. The van der Waals surface area contributed by atoms with E-state index < -0.39 is 0 Å². The second kappa shape index (κ2) is 7.19. The topological polar surface area (TPSA) is 66.5 Å². The highest BCUT2D eigenvalue weighted by atomic mass is 32.1. The smallest absolute Gasteiger partial charge is 0.323 e. The predicted molar refractivity (Wildman–Crippen MR) is 95.7 cm³/mol. The Morgan fingerprint density at radius 3 is 3.00 bits per heavy atom. The van der Waals surface area contributed by atoms with Crippen LogP contribution in [0.1, 0.15) is 21.7 Å². The van der Waals surface area contributed by atoms with E-state index in [4.69, 9.17) is 4.74 Å². The number of likely N-dealkylation sites (N-methyl/N-ethyl adjacent to an activating group) is 1. The molecular formula is C17H22N4O2S. The Labute approximate surface area is 145 Å². The molecule has 3 rings (SSSR count). The number of amides is 2. The van der Waals surface area contributed by atoms with Gasteiger partial charge in [0.15, 0.2) is 11.9 Å². The Morgan fingerprint density at radius 2 is 2.21 bits per heavy atom. The Morgan fingerprint density at radius 1 is 1.38 bits per heavy atom. The zero-order valence-electron chi connectivity index (χ0n) is 14.2. The third-order valence-corrected chi connectivity index (χ3v) is 5.09. The van der Waals surface area contributed by atoms with Crippen LogP contribution in [0.25, 0.3) is 0 Å². The number of ether oxygens (including phenoxy) is 1. The second-order valence-corrected chi connectivity index (χ2v) is 7.13. The number of urea groups is 1. The predicted octanol–water partition coefficient (Wildman–Crippen LogP) is 2.91. The molecule has 2 amide bonds. The molecule has 2 heterocycles. The lowest BCUT2D eigenvalue weighted by Gasteiger charge is -2.20. The van der Waals surface area contributed by atoms with Crippen LogP contribution in [-0.2, 0) is 13.0 Å². The van der Waals surface area contributed by atoms with Crippen molar-refractivity contribution in [2.24, 2.45) is 0 Å². The molecule has 0 saturated carbocycles. The Hall–Kier alpha value is -2.12. The molecule has 0 atom stereocenters. The van der Waals surface area contributed by atoms with Gasteiger partial charge in [0.25, 0.3) is 0 Å². The number of hydrogen-bond donors (Lipinski definition) is 2. The van der Waals surface area contributed by atoms with Crippen LogP contribution in [0.3, 0.4) is 0 Å². The molecule has 2 N–H and O–H groups in total. The van der Waals surface area contributed by atoms with Crippen LogP contribution < -0.4 is 15.4 Å². The van der Waals surface area contributed by atoms with E-state index in [1.807, 2.05) is 25.1 Å². The van der Waals surface area contributed by atoms with Gasteiger partial charge in [-0.05, 0) is 44.2 Å². The average molecular weight is 346 g/mol. The highest BCUT2D eigenvalue weighted by molar-refractivity contribution is 7.15. The van der Waals surface area contributed by atoms with E-state index >= 15 is 0 Å². The quantitative estimate of drug-likeness (QED) is 0.836. The molecule has 0 unspecified atom stereocenters. The molecule has 0 spiro atoms. The fraction of sp³-hybridized carbons (Fsp3) is 0.412. The molecule has 0 saturated heterocycles. The summed E-state index contributed by atoms with van der Waals surface area (Å²) >= 11 is 1.54. The van der Waals surface area contributed by atoms with Crippen molar-refractivity contribution < 1.29 is 9.53 Å². The van der Waals surface area contributed by atoms with E-state index in [0.717, 1.165) is 36.5 Å². The first-order valence-corrected chi connectivity index (χ1v) is 8.75. The number of carbonyl (C=O) groups is 1. The van der Waals surface area contributed by atoms with E-state index in [1.54, 1.807) is 0 Å². The van der Waals surface area contributed by atoms with E-state index in [1.165, 1.54) is 21.8 Å². The van der Waals surface area contributed by atoms with Crippen LogP contribution in [0.4, 0.5) is 9.93 Å². The molecule has 0 radical (unpaired) electrons. The average Bonchev–Trinajstić information content (AvgIpc) is 2.92. The van der Waals surface area contributed by atoms with E-state index in [2.05, 4.69) is 34.5 Å². The molecule has 6 nitrogen and oxygen atoms in total. The summed E-state index contributed by atoms with van der Waals surface area (Å²) in [6, 6.07) is 5.55. The van der Waals surface area contributed by atoms with Gasteiger partial charge in [0, 0.05) is 24.4 Å². The van der Waals surface area contributed by atoms with Crippen LogP contribution in [0.2, 0.25) is 0 Å². The second-order valence-electron chi connectivity index (χ2n) is 6.04. The zero-order valence-corrected chi connectivity index (χ0v) is 15.0. The molecule has 7 heteroatoms. The minimum atomic E-state index is -0.307. The van der Waals surface area contributed by atoms with Gasteiger partial charge in [0.1, 0.15) is 5.75 Å². The van der Waals surface area contributed by atoms with Crippen LogP contribution in [0, 0.1) is 13.8 Å². The number of hydrogen-bond acceptors (Lipinski definition) is 5. The first kappa shape index (κ1) is 16.7. The lowest BCUT2D eigenvalue weighted by molar-refractivity contribution is 0.234. The van der Waals surface area contributed by atoms with E-state index in [0.29, 0.717) is 5.13 Å². The van der Waals surface area contributed by atoms with Crippen molar-refractivity contribution in [2.75, 3.05) is 25.6 Å². The molecule has 2 aromatic rings. The van der Waals surface area contributed by atoms with Gasteiger partial charge >= 0.3 is 6.03 Å². The maximum atomic E-state index is 12.0. The number of carbonyl (C=O) groups excluding carboxylic acids is 1. The normalized spacial score (nSPS) is 14.1. The lowest BCUT2D eigenvalue weighted by Crippen LogP contribution is -2.32. The summed E-state index contributed by atoms with van der Waals surface area (Å²) in [6.07, 6.45) is 0.932. The van der Waals surface area contributed by atoms with Crippen molar-refractivity contribution in [1.82, 2.24) is 15.2 Å². The van der Waals surface area contributed by atoms with Crippen molar-refractivity contribution in [3.05, 3.63) is 39.9 Å². The number of nitrogens with zero attached hydrogens (tertiary/aromatic N) is 2. The maximum absolute atomic E-state index is 12.0. The van der Waals surface area contributed by atoms with Crippen molar-refractivity contribution in [2.45, 2.75) is 26.8 Å². The number of aryl methyl sites for hydroxylation is 2. The summed E-state index contributed by atoms with van der Waals surface area (Å²) in [5.41, 5.74) is 3.47. The van der Waals surface area contributed by atoms with Gasteiger partial charge in [-0.2, -0.15) is 0 Å². The number of nitrogens with one attached hydrogen (secondary N) is 2. The van der Waals surface area contributed by atoms with Crippen molar-refractivity contribution >= 4 is 22.5 Å². The van der Waals surface area contributed by atoms with Crippen LogP contribution in [-0.4, -0.2) is 36.2 Å². The number of thiazole rings is 1. The fourth-order valence-corrected chi connectivity index (χ4v) is 3.59. The molecule has 1 aliphatic heterocycles. The van der Waals surface area contributed by atoms with Gasteiger partial charge in [-0.25, -0.2) is 9.78 Å². The van der Waals surface area contributed by atoms with E-state index in [-0.39, 0.29) is 12.8 Å². The Kier molecular flexibility index (Phi) is 5.01. The van der Waals surface area contributed by atoms with Gasteiger partial charge < -0.3 is 15.0 Å². The number of aromatic nitrogens is 1. The third kappa shape index (κ3) is 4.04. The highest BCUT2D eigenvalue weighted by Gasteiger charge is 2.18. The van der Waals surface area contributed by atoms with Gasteiger partial charge in [-0.15, -0.1) is 11.3 Å². The minimum absolute atomic E-state index is 0.113. The minimum Gasteiger partial charge on any atom is -0.473 e. The highest BCUT2D eigenvalue weighted by Crippen LogP contribution is 2.27. The summed E-state index contributed by atoms with van der Waals surface area (Å²) in [5.74, 6) is 0.742. The largest absolute Gasteiger partial charge is 0.473 e. The van der Waals surface area contributed by atoms with Crippen LogP contribution >= 0.6 is 11.3 Å². The number of benzene rings is 1. The first-order chi connectivity index (χ1) is 11.5. The van der Waals surface area contributed by atoms with E-state index in [9.17, 15) is 4.79 Å². The number of fused-ring (bicyclic) bond motifs is 1. The lowest BCUT2D eigenvalue weighted by atomic mass is 10.1. The molecular weight excluding hydrogens is 324 g/mol. The van der Waals surface area contributed by atoms with Gasteiger partial charge in [-0.1, -0.05) is 6.07 Å². The molecule has 0 fully saturated rings. The van der Waals surface area contributed by atoms with Crippen molar-refractivity contribution in [3.63, 3.8) is 0 Å². The SMILES string of the molecule is Cc1ccc(OCNC(=O)Nc2nc3c(s2)CN(C)CC3)cc1C. The Balaban J connectivity index is 1.48. The third-order valence-electron chi connectivity index (χ3n) is 4.09. The summed E-state index contributed by atoms with van der Waals surface area (Å²) in [7, 11) is 2.09. The molecule has 1 aromatic heterocycles. The summed E-state index contributed by atoms with van der Waals surface area (Å²) in [4.78, 5) is 19.9. The zero-order chi connectivity index (χ0) is 17.1. The standard InChI is InChI=1S/C17H22N4O2S/c1-11-4-5-13(8-12(11)2)23-10-18-16(22)20-17-19-14-6-7-21(3)9-15(14)24-17/h4-5,8H,6-7,9-10H2,1-3H3,(H2,18,19,20,22). The summed E-state index contributed by atoms with van der Waals surface area (Å²) < 4.78 is 5.55. The Bertz CT molecular complexity index is 744. The van der Waals surface area contributed by atoms with Crippen LogP contribution in [0.15, 0.2) is 18.2 Å². The first-order valence-electron chi connectivity index (χ1n) is 7.93. The molecule has 0 aliphatic carbocycles. The number of rotatable bonds is 4. The number of anilines is 1. The summed E-state index contributed by atoms with van der Waals surface area (Å²) in [5, 5.41) is 6.10. The van der Waals surface area contributed by atoms with Gasteiger partial charge in [-0.3, -0.25) is 5.32 Å². The van der Waals surface area contributed by atoms with Crippen molar-refractivity contribution in [3.8, 4) is 5.75 Å². The van der Waals surface area contributed by atoms with Gasteiger partial charge in [0.2, 0.25) is 0 Å². The molecule has 1 aromatic carbocycles.